The van der Waals surface area contributed by atoms with Crippen molar-refractivity contribution in [1.82, 2.24) is 10.2 Å². The number of hydrogen-bond donors (Lipinski definition) is 1. The van der Waals surface area contributed by atoms with Crippen LogP contribution in [0.5, 0.6) is 0 Å². The van der Waals surface area contributed by atoms with Crippen LogP contribution in [0.15, 0.2) is 0 Å². The Morgan fingerprint density at radius 1 is 1.26 bits per heavy atom. The van der Waals surface area contributed by atoms with Gasteiger partial charge in [-0.05, 0) is 50.5 Å². The van der Waals surface area contributed by atoms with Gasteiger partial charge in [0.25, 0.3) is 0 Å². The van der Waals surface area contributed by atoms with Gasteiger partial charge in [0.2, 0.25) is 0 Å². The molecule has 1 aliphatic heterocycles. The van der Waals surface area contributed by atoms with Gasteiger partial charge in [-0.1, -0.05) is 34.1 Å². The van der Waals surface area contributed by atoms with E-state index in [1.807, 2.05) is 0 Å². The van der Waals surface area contributed by atoms with Crippen LogP contribution in [0.4, 0.5) is 0 Å². The van der Waals surface area contributed by atoms with Gasteiger partial charge >= 0.3 is 0 Å². The Bertz CT molecular complexity index is 285. The Labute approximate surface area is 120 Å². The van der Waals surface area contributed by atoms with E-state index in [-0.39, 0.29) is 0 Å². The summed E-state index contributed by atoms with van der Waals surface area (Å²) < 4.78 is 0. The van der Waals surface area contributed by atoms with Crippen molar-refractivity contribution in [3.63, 3.8) is 0 Å². The van der Waals surface area contributed by atoms with E-state index in [1.165, 1.54) is 45.3 Å². The zero-order valence-corrected chi connectivity index (χ0v) is 13.7. The van der Waals surface area contributed by atoms with Gasteiger partial charge in [0.15, 0.2) is 0 Å². The lowest BCUT2D eigenvalue weighted by atomic mass is 9.86. The summed E-state index contributed by atoms with van der Waals surface area (Å²) in [6.45, 7) is 15.7. The molecule has 3 unspecified atom stereocenters. The molecule has 2 aliphatic rings. The van der Waals surface area contributed by atoms with Gasteiger partial charge < -0.3 is 5.32 Å². The maximum atomic E-state index is 3.90. The van der Waals surface area contributed by atoms with Gasteiger partial charge in [-0.3, -0.25) is 4.90 Å². The van der Waals surface area contributed by atoms with Gasteiger partial charge in [0.1, 0.15) is 0 Å². The van der Waals surface area contributed by atoms with Crippen LogP contribution in [-0.2, 0) is 0 Å². The molecular weight excluding hydrogens is 232 g/mol. The molecule has 0 spiro atoms. The predicted octanol–water partition coefficient (Wildman–Crippen LogP) is 3.52. The van der Waals surface area contributed by atoms with Crippen LogP contribution in [0.2, 0.25) is 0 Å². The topological polar surface area (TPSA) is 15.3 Å². The number of piperazine rings is 1. The minimum atomic E-state index is 0.390. The quantitative estimate of drug-likeness (QED) is 0.791. The van der Waals surface area contributed by atoms with Crippen molar-refractivity contribution in [3.8, 4) is 0 Å². The molecule has 1 heterocycles. The zero-order valence-electron chi connectivity index (χ0n) is 13.7. The fourth-order valence-corrected chi connectivity index (χ4v) is 3.56. The molecule has 1 saturated heterocycles. The van der Waals surface area contributed by atoms with Crippen LogP contribution in [0.25, 0.3) is 0 Å². The molecular formula is C17H34N2. The van der Waals surface area contributed by atoms with E-state index in [0.29, 0.717) is 5.54 Å². The lowest BCUT2D eigenvalue weighted by Crippen LogP contribution is -2.65. The van der Waals surface area contributed by atoms with Crippen molar-refractivity contribution in [2.24, 2.45) is 17.8 Å². The van der Waals surface area contributed by atoms with E-state index >= 15 is 0 Å². The van der Waals surface area contributed by atoms with Crippen molar-refractivity contribution >= 4 is 0 Å². The largest absolute Gasteiger partial charge is 0.308 e. The second-order valence-electron chi connectivity index (χ2n) is 7.68. The van der Waals surface area contributed by atoms with E-state index in [1.54, 1.807) is 0 Å². The van der Waals surface area contributed by atoms with Crippen molar-refractivity contribution in [2.45, 2.75) is 71.9 Å². The predicted molar refractivity (Wildman–Crippen MR) is 83.4 cm³/mol. The summed E-state index contributed by atoms with van der Waals surface area (Å²) in [5.74, 6) is 2.56. The second-order valence-corrected chi connectivity index (χ2v) is 7.68. The van der Waals surface area contributed by atoms with Crippen LogP contribution < -0.4 is 5.32 Å². The zero-order chi connectivity index (χ0) is 14.0. The Kier molecular flexibility index (Phi) is 4.94. The summed E-state index contributed by atoms with van der Waals surface area (Å²) in [4.78, 5) is 2.81. The molecule has 1 saturated carbocycles. The normalized spacial score (nSPS) is 34.7. The fraction of sp³-hybridized carbons (Fsp3) is 1.00. The van der Waals surface area contributed by atoms with E-state index in [4.69, 9.17) is 0 Å². The lowest BCUT2D eigenvalue weighted by Gasteiger charge is -2.49. The van der Waals surface area contributed by atoms with Crippen molar-refractivity contribution in [2.75, 3.05) is 19.6 Å². The summed E-state index contributed by atoms with van der Waals surface area (Å²) in [6.07, 6.45) is 5.52. The SMILES string of the molecule is CCC(C)C1CNC(C)(C2CC2)CN1CCC(C)C. The highest BCUT2D eigenvalue weighted by molar-refractivity contribution is 5.04. The third kappa shape index (κ3) is 3.72. The Hall–Kier alpha value is -0.0800. The van der Waals surface area contributed by atoms with Crippen LogP contribution in [0.3, 0.4) is 0 Å². The molecule has 3 atom stereocenters. The molecule has 19 heavy (non-hydrogen) atoms. The standard InChI is InChI=1S/C17H34N2/c1-6-14(4)16-11-18-17(5,15-7-8-15)12-19(16)10-9-13(2)3/h13-16,18H,6-12H2,1-5H3. The molecule has 0 aromatic rings. The van der Waals surface area contributed by atoms with Crippen molar-refractivity contribution in [1.29, 1.82) is 0 Å². The van der Waals surface area contributed by atoms with Gasteiger partial charge in [-0.25, -0.2) is 0 Å². The van der Waals surface area contributed by atoms with E-state index < -0.39 is 0 Å². The van der Waals surface area contributed by atoms with Gasteiger partial charge in [-0.15, -0.1) is 0 Å². The molecule has 0 amide bonds. The van der Waals surface area contributed by atoms with E-state index in [9.17, 15) is 0 Å². The maximum Gasteiger partial charge on any atom is 0.0309 e. The second kappa shape index (κ2) is 6.13. The Morgan fingerprint density at radius 3 is 2.47 bits per heavy atom. The molecule has 2 nitrogen and oxygen atoms in total. The highest BCUT2D eigenvalue weighted by Gasteiger charge is 2.46. The molecule has 0 bridgehead atoms. The van der Waals surface area contributed by atoms with Crippen LogP contribution in [0, 0.1) is 17.8 Å². The fourth-order valence-electron chi connectivity index (χ4n) is 3.56. The highest BCUT2D eigenvalue weighted by Crippen LogP contribution is 2.42. The average molecular weight is 266 g/mol. The first kappa shape index (κ1) is 15.3. The first-order valence-corrected chi connectivity index (χ1v) is 8.45. The van der Waals surface area contributed by atoms with Gasteiger partial charge in [-0.2, -0.15) is 0 Å². The molecule has 0 radical (unpaired) electrons. The Morgan fingerprint density at radius 2 is 1.95 bits per heavy atom. The molecule has 112 valence electrons. The average Bonchev–Trinajstić information content (AvgIpc) is 3.20. The first-order chi connectivity index (χ1) is 8.96. The van der Waals surface area contributed by atoms with Crippen LogP contribution in [0.1, 0.15) is 60.3 Å². The maximum absolute atomic E-state index is 3.90. The summed E-state index contributed by atoms with van der Waals surface area (Å²) in [7, 11) is 0. The molecule has 1 aliphatic carbocycles. The summed E-state index contributed by atoms with van der Waals surface area (Å²) in [5, 5.41) is 3.90. The molecule has 1 N–H and O–H groups in total. The molecule has 0 aromatic carbocycles. The van der Waals surface area contributed by atoms with Crippen molar-refractivity contribution < 1.29 is 0 Å². The first-order valence-electron chi connectivity index (χ1n) is 8.45. The highest BCUT2D eigenvalue weighted by atomic mass is 15.3. The summed E-state index contributed by atoms with van der Waals surface area (Å²) >= 11 is 0. The third-order valence-corrected chi connectivity index (χ3v) is 5.49. The number of rotatable bonds is 6. The lowest BCUT2D eigenvalue weighted by molar-refractivity contribution is 0.0442. The number of nitrogens with one attached hydrogen (secondary N) is 1. The summed E-state index contributed by atoms with van der Waals surface area (Å²) in [6, 6.07) is 0.746. The van der Waals surface area contributed by atoms with Crippen LogP contribution in [-0.4, -0.2) is 36.1 Å². The van der Waals surface area contributed by atoms with Gasteiger partial charge in [0, 0.05) is 24.7 Å². The third-order valence-electron chi connectivity index (χ3n) is 5.49. The van der Waals surface area contributed by atoms with E-state index in [0.717, 1.165) is 23.8 Å². The molecule has 2 fully saturated rings. The molecule has 2 rings (SSSR count). The van der Waals surface area contributed by atoms with Gasteiger partial charge in [0.05, 0.1) is 0 Å². The number of hydrogen-bond acceptors (Lipinski definition) is 2. The molecule has 2 heteroatoms. The Balaban J connectivity index is 2.00. The minimum Gasteiger partial charge on any atom is -0.308 e. The minimum absolute atomic E-state index is 0.390. The van der Waals surface area contributed by atoms with E-state index in [2.05, 4.69) is 44.8 Å². The van der Waals surface area contributed by atoms with Crippen molar-refractivity contribution in [3.05, 3.63) is 0 Å². The number of nitrogens with zero attached hydrogens (tertiary/aromatic N) is 1. The monoisotopic (exact) mass is 266 g/mol. The molecule has 0 aromatic heterocycles. The summed E-state index contributed by atoms with van der Waals surface area (Å²) in [5.41, 5.74) is 0.390. The van der Waals surface area contributed by atoms with Crippen LogP contribution >= 0.6 is 0 Å². The smallest absolute Gasteiger partial charge is 0.0309 e.